The third-order valence-corrected chi connectivity index (χ3v) is 4.76. The molecule has 0 N–H and O–H groups in total. The highest BCUT2D eigenvalue weighted by atomic mass is 32.2. The van der Waals surface area contributed by atoms with Gasteiger partial charge < -0.3 is 0 Å². The van der Waals surface area contributed by atoms with Crippen molar-refractivity contribution in [1.82, 2.24) is 24.6 Å². The zero-order valence-electron chi connectivity index (χ0n) is 13.5. The molecule has 0 saturated carbocycles. The average Bonchev–Trinajstić information content (AvgIpc) is 3.07. The molecule has 0 aliphatic carbocycles. The summed E-state index contributed by atoms with van der Waals surface area (Å²) in [6, 6.07) is 2.64. The Bertz CT molecular complexity index is 622. The monoisotopic (exact) mass is 317 g/mol. The van der Waals surface area contributed by atoms with Crippen LogP contribution < -0.4 is 0 Å². The lowest BCUT2D eigenvalue weighted by Gasteiger charge is -2.16. The predicted octanol–water partition coefficient (Wildman–Crippen LogP) is 2.85. The van der Waals surface area contributed by atoms with Gasteiger partial charge in [0.15, 0.2) is 5.16 Å². The molecule has 0 aromatic carbocycles. The molecule has 1 saturated heterocycles. The summed E-state index contributed by atoms with van der Waals surface area (Å²) in [6.07, 6.45) is 5.08. The first kappa shape index (κ1) is 15.5. The Labute approximate surface area is 136 Å². The van der Waals surface area contributed by atoms with Crippen LogP contribution in [0.4, 0.5) is 0 Å². The molecule has 2 aromatic heterocycles. The van der Waals surface area contributed by atoms with Crippen molar-refractivity contribution in [2.45, 2.75) is 44.9 Å². The van der Waals surface area contributed by atoms with E-state index in [-0.39, 0.29) is 0 Å². The number of hydrogen-bond acceptors (Lipinski definition) is 5. The molecule has 1 aliphatic heterocycles. The van der Waals surface area contributed by atoms with E-state index in [1.165, 1.54) is 11.3 Å². The van der Waals surface area contributed by atoms with Crippen molar-refractivity contribution in [3.63, 3.8) is 0 Å². The van der Waals surface area contributed by atoms with Crippen molar-refractivity contribution in [2.24, 2.45) is 0 Å². The van der Waals surface area contributed by atoms with Crippen molar-refractivity contribution in [3.05, 3.63) is 35.4 Å². The second kappa shape index (κ2) is 6.79. The molecule has 118 valence electrons. The fourth-order valence-electron chi connectivity index (χ4n) is 3.06. The van der Waals surface area contributed by atoms with Gasteiger partial charge >= 0.3 is 0 Å². The molecule has 2 aromatic rings. The molecule has 3 rings (SSSR count). The maximum absolute atomic E-state index is 4.63. The van der Waals surface area contributed by atoms with Gasteiger partial charge in [0, 0.05) is 43.3 Å². The third kappa shape index (κ3) is 3.50. The Hall–Kier alpha value is -1.40. The predicted molar refractivity (Wildman–Crippen MR) is 89.1 cm³/mol. The number of likely N-dealkylation sites (tertiary alicyclic amines) is 1. The molecule has 22 heavy (non-hydrogen) atoms. The highest BCUT2D eigenvalue weighted by molar-refractivity contribution is 7.99. The smallest absolute Gasteiger partial charge is 0.187 e. The van der Waals surface area contributed by atoms with Gasteiger partial charge in [0.05, 0.1) is 11.7 Å². The van der Waals surface area contributed by atoms with Crippen LogP contribution in [0, 0.1) is 13.8 Å². The number of hydrogen-bond donors (Lipinski definition) is 0. The highest BCUT2D eigenvalue weighted by Crippen LogP contribution is 2.24. The van der Waals surface area contributed by atoms with Crippen LogP contribution >= 0.6 is 11.8 Å². The Morgan fingerprint density at radius 1 is 1.27 bits per heavy atom. The zero-order chi connectivity index (χ0) is 15.5. The van der Waals surface area contributed by atoms with Crippen molar-refractivity contribution in [3.8, 4) is 0 Å². The molecule has 0 amide bonds. The SMILES string of the molecule is CCSc1ncc(CN2CC[C@@H](n3nc(C)cc3C)C2)cn1. The van der Waals surface area contributed by atoms with Crippen LogP contribution in [-0.4, -0.2) is 43.5 Å². The van der Waals surface area contributed by atoms with Crippen LogP contribution in [0.5, 0.6) is 0 Å². The molecule has 1 aliphatic rings. The van der Waals surface area contributed by atoms with E-state index >= 15 is 0 Å². The summed E-state index contributed by atoms with van der Waals surface area (Å²) < 4.78 is 2.19. The zero-order valence-corrected chi connectivity index (χ0v) is 14.3. The lowest BCUT2D eigenvalue weighted by atomic mass is 10.2. The summed E-state index contributed by atoms with van der Waals surface area (Å²) in [4.78, 5) is 11.3. The second-order valence-electron chi connectivity index (χ2n) is 5.86. The molecule has 3 heterocycles. The lowest BCUT2D eigenvalue weighted by Crippen LogP contribution is -2.22. The van der Waals surface area contributed by atoms with Crippen molar-refractivity contribution < 1.29 is 0 Å². The van der Waals surface area contributed by atoms with E-state index in [1.807, 2.05) is 12.4 Å². The number of nitrogens with zero attached hydrogens (tertiary/aromatic N) is 5. The number of thioether (sulfide) groups is 1. The number of rotatable bonds is 5. The van der Waals surface area contributed by atoms with E-state index in [0.717, 1.165) is 42.7 Å². The minimum absolute atomic E-state index is 0.490. The molecule has 0 radical (unpaired) electrons. The summed E-state index contributed by atoms with van der Waals surface area (Å²) in [5.74, 6) is 1.01. The van der Waals surface area contributed by atoms with Gasteiger partial charge in [-0.2, -0.15) is 5.10 Å². The number of aryl methyl sites for hydroxylation is 2. The van der Waals surface area contributed by atoms with Crippen molar-refractivity contribution in [2.75, 3.05) is 18.8 Å². The Kier molecular flexibility index (Phi) is 4.78. The van der Waals surface area contributed by atoms with Crippen LogP contribution in [0.15, 0.2) is 23.6 Å². The average molecular weight is 317 g/mol. The van der Waals surface area contributed by atoms with Crippen LogP contribution in [0.2, 0.25) is 0 Å². The largest absolute Gasteiger partial charge is 0.297 e. The minimum atomic E-state index is 0.490. The van der Waals surface area contributed by atoms with Gasteiger partial charge in [-0.25, -0.2) is 9.97 Å². The molecular formula is C16H23N5S. The normalized spacial score (nSPS) is 19.0. The first-order valence-electron chi connectivity index (χ1n) is 7.84. The van der Waals surface area contributed by atoms with Gasteiger partial charge in [-0.05, 0) is 32.1 Å². The van der Waals surface area contributed by atoms with Crippen LogP contribution in [0.3, 0.4) is 0 Å². The van der Waals surface area contributed by atoms with Gasteiger partial charge in [0.25, 0.3) is 0 Å². The summed E-state index contributed by atoms with van der Waals surface area (Å²) in [7, 11) is 0. The van der Waals surface area contributed by atoms with Gasteiger partial charge in [0.2, 0.25) is 0 Å². The van der Waals surface area contributed by atoms with Crippen molar-refractivity contribution in [1.29, 1.82) is 0 Å². The molecule has 1 atom stereocenters. The Morgan fingerprint density at radius 3 is 2.68 bits per heavy atom. The molecular weight excluding hydrogens is 294 g/mol. The molecule has 0 bridgehead atoms. The van der Waals surface area contributed by atoms with E-state index in [9.17, 15) is 0 Å². The molecule has 5 nitrogen and oxygen atoms in total. The van der Waals surface area contributed by atoms with Crippen LogP contribution in [0.1, 0.15) is 36.3 Å². The third-order valence-electron chi connectivity index (χ3n) is 4.00. The van der Waals surface area contributed by atoms with Gasteiger partial charge in [-0.1, -0.05) is 18.7 Å². The fraction of sp³-hybridized carbons (Fsp3) is 0.562. The second-order valence-corrected chi connectivity index (χ2v) is 7.09. The minimum Gasteiger partial charge on any atom is -0.297 e. The topological polar surface area (TPSA) is 46.8 Å². The highest BCUT2D eigenvalue weighted by Gasteiger charge is 2.25. The van der Waals surface area contributed by atoms with E-state index < -0.39 is 0 Å². The maximum Gasteiger partial charge on any atom is 0.187 e. The summed E-state index contributed by atoms with van der Waals surface area (Å²) in [6.45, 7) is 9.39. The molecule has 6 heteroatoms. The Morgan fingerprint density at radius 2 is 2.05 bits per heavy atom. The molecule has 0 spiro atoms. The van der Waals surface area contributed by atoms with Crippen LogP contribution in [-0.2, 0) is 6.54 Å². The summed E-state index contributed by atoms with van der Waals surface area (Å²) >= 11 is 1.68. The Balaban J connectivity index is 1.60. The standard InChI is InChI=1S/C16H23N5S/c1-4-22-16-17-8-14(9-18-16)10-20-6-5-15(11-20)21-13(3)7-12(2)19-21/h7-9,15H,4-6,10-11H2,1-3H3/t15-/m1/s1. The van der Waals surface area contributed by atoms with Gasteiger partial charge in [-0.15, -0.1) is 0 Å². The van der Waals surface area contributed by atoms with Gasteiger partial charge in [0.1, 0.15) is 0 Å². The summed E-state index contributed by atoms with van der Waals surface area (Å²) in [5, 5.41) is 5.50. The first-order valence-corrected chi connectivity index (χ1v) is 8.83. The quantitative estimate of drug-likeness (QED) is 0.627. The van der Waals surface area contributed by atoms with E-state index in [4.69, 9.17) is 0 Å². The first-order chi connectivity index (χ1) is 10.7. The molecule has 0 unspecified atom stereocenters. The van der Waals surface area contributed by atoms with E-state index in [1.54, 1.807) is 11.8 Å². The molecule has 1 fully saturated rings. The maximum atomic E-state index is 4.63. The van der Waals surface area contributed by atoms with Gasteiger partial charge in [-0.3, -0.25) is 9.58 Å². The fourth-order valence-corrected chi connectivity index (χ4v) is 3.57. The van der Waals surface area contributed by atoms with E-state index in [0.29, 0.717) is 6.04 Å². The van der Waals surface area contributed by atoms with Crippen LogP contribution in [0.25, 0.3) is 0 Å². The lowest BCUT2D eigenvalue weighted by molar-refractivity contribution is 0.309. The van der Waals surface area contributed by atoms with Crippen molar-refractivity contribution >= 4 is 11.8 Å². The number of aromatic nitrogens is 4. The van der Waals surface area contributed by atoms with E-state index in [2.05, 4.69) is 51.5 Å². The summed E-state index contributed by atoms with van der Waals surface area (Å²) in [5.41, 5.74) is 3.55.